The van der Waals surface area contributed by atoms with Crippen molar-refractivity contribution in [2.45, 2.75) is 25.8 Å². The van der Waals surface area contributed by atoms with E-state index in [0.717, 1.165) is 25.9 Å². The smallest absolute Gasteiger partial charge is 0.256 e. The molecule has 2 N–H and O–H groups in total. The van der Waals surface area contributed by atoms with Crippen LogP contribution in [0.5, 0.6) is 0 Å². The summed E-state index contributed by atoms with van der Waals surface area (Å²) in [5, 5.41) is 0. The lowest BCUT2D eigenvalue weighted by Gasteiger charge is -2.39. The Morgan fingerprint density at radius 2 is 1.95 bits per heavy atom. The molecular formula is C16H24FN3O. The van der Waals surface area contributed by atoms with Gasteiger partial charge in [-0.15, -0.1) is 0 Å². The van der Waals surface area contributed by atoms with Crippen LogP contribution in [0.1, 0.15) is 30.1 Å². The minimum atomic E-state index is -0.445. The van der Waals surface area contributed by atoms with E-state index in [1.165, 1.54) is 6.07 Å². The van der Waals surface area contributed by atoms with Crippen LogP contribution in [0.3, 0.4) is 0 Å². The minimum Gasteiger partial charge on any atom is -0.336 e. The summed E-state index contributed by atoms with van der Waals surface area (Å²) >= 11 is 0. The van der Waals surface area contributed by atoms with Crippen molar-refractivity contribution in [2.75, 3.05) is 32.7 Å². The quantitative estimate of drug-likeness (QED) is 0.899. The lowest BCUT2D eigenvalue weighted by Crippen LogP contribution is -2.52. The number of carbonyl (C=O) groups is 1. The van der Waals surface area contributed by atoms with E-state index in [0.29, 0.717) is 25.7 Å². The van der Waals surface area contributed by atoms with Crippen molar-refractivity contribution >= 4 is 5.91 Å². The fourth-order valence-electron chi connectivity index (χ4n) is 2.93. The molecule has 1 unspecified atom stereocenters. The van der Waals surface area contributed by atoms with E-state index in [1.54, 1.807) is 23.1 Å². The van der Waals surface area contributed by atoms with Crippen molar-refractivity contribution < 1.29 is 9.18 Å². The van der Waals surface area contributed by atoms with Gasteiger partial charge >= 0.3 is 0 Å². The highest BCUT2D eigenvalue weighted by molar-refractivity contribution is 5.94. The number of hydrogen-bond donors (Lipinski definition) is 1. The van der Waals surface area contributed by atoms with E-state index in [1.807, 2.05) is 0 Å². The summed E-state index contributed by atoms with van der Waals surface area (Å²) in [6.45, 7) is 5.81. The Bertz CT molecular complexity index is 472. The summed E-state index contributed by atoms with van der Waals surface area (Å²) in [6.07, 6.45) is 2.05. The summed E-state index contributed by atoms with van der Waals surface area (Å²) < 4.78 is 13.7. The van der Waals surface area contributed by atoms with Crippen LogP contribution in [-0.4, -0.2) is 54.5 Å². The number of piperazine rings is 1. The first-order valence-corrected chi connectivity index (χ1v) is 7.65. The fourth-order valence-corrected chi connectivity index (χ4v) is 2.93. The maximum Gasteiger partial charge on any atom is 0.256 e. The summed E-state index contributed by atoms with van der Waals surface area (Å²) in [7, 11) is 0. The molecular weight excluding hydrogens is 269 g/mol. The van der Waals surface area contributed by atoms with Gasteiger partial charge in [-0.1, -0.05) is 19.1 Å². The van der Waals surface area contributed by atoms with Crippen molar-refractivity contribution in [3.05, 3.63) is 35.6 Å². The third kappa shape index (κ3) is 3.80. The van der Waals surface area contributed by atoms with Crippen molar-refractivity contribution in [1.82, 2.24) is 9.80 Å². The highest BCUT2D eigenvalue weighted by Crippen LogP contribution is 2.15. The Morgan fingerprint density at radius 1 is 1.29 bits per heavy atom. The summed E-state index contributed by atoms with van der Waals surface area (Å²) in [5.74, 6) is -0.654. The van der Waals surface area contributed by atoms with Crippen LogP contribution in [-0.2, 0) is 0 Å². The van der Waals surface area contributed by atoms with Crippen molar-refractivity contribution in [2.24, 2.45) is 5.73 Å². The number of amides is 1. The average Bonchev–Trinajstić information content (AvgIpc) is 2.52. The van der Waals surface area contributed by atoms with Gasteiger partial charge in [0.2, 0.25) is 0 Å². The molecule has 116 valence electrons. The topological polar surface area (TPSA) is 49.6 Å². The Kier molecular flexibility index (Phi) is 5.70. The monoisotopic (exact) mass is 293 g/mol. The molecule has 21 heavy (non-hydrogen) atoms. The van der Waals surface area contributed by atoms with Gasteiger partial charge in [0, 0.05) is 32.2 Å². The molecule has 1 atom stereocenters. The molecule has 4 nitrogen and oxygen atoms in total. The Labute approximate surface area is 125 Å². The van der Waals surface area contributed by atoms with Gasteiger partial charge in [0.15, 0.2) is 0 Å². The fraction of sp³-hybridized carbons (Fsp3) is 0.562. The van der Waals surface area contributed by atoms with Crippen molar-refractivity contribution in [3.8, 4) is 0 Å². The Morgan fingerprint density at radius 3 is 2.52 bits per heavy atom. The van der Waals surface area contributed by atoms with E-state index >= 15 is 0 Å². The molecule has 1 saturated heterocycles. The maximum atomic E-state index is 13.7. The zero-order chi connectivity index (χ0) is 15.2. The predicted octanol–water partition coefficient (Wildman–Crippen LogP) is 1.71. The van der Waals surface area contributed by atoms with Crippen LogP contribution in [0.2, 0.25) is 0 Å². The number of benzene rings is 1. The zero-order valence-corrected chi connectivity index (χ0v) is 12.6. The molecule has 1 aromatic rings. The third-order valence-electron chi connectivity index (χ3n) is 4.19. The maximum absolute atomic E-state index is 13.7. The van der Waals surface area contributed by atoms with Crippen LogP contribution >= 0.6 is 0 Å². The summed E-state index contributed by atoms with van der Waals surface area (Å²) in [6, 6.07) is 6.66. The SMILES string of the molecule is CCC(CCN)N1CCN(C(=O)c2ccccc2F)CC1. The van der Waals surface area contributed by atoms with Crippen LogP contribution < -0.4 is 5.73 Å². The van der Waals surface area contributed by atoms with Gasteiger partial charge in [-0.2, -0.15) is 0 Å². The first-order chi connectivity index (χ1) is 10.2. The number of hydrogen-bond acceptors (Lipinski definition) is 3. The second-order valence-electron chi connectivity index (χ2n) is 5.45. The summed E-state index contributed by atoms with van der Waals surface area (Å²) in [4.78, 5) is 16.5. The molecule has 1 fully saturated rings. The van der Waals surface area contributed by atoms with Crippen LogP contribution in [0.15, 0.2) is 24.3 Å². The first-order valence-electron chi connectivity index (χ1n) is 7.65. The van der Waals surface area contributed by atoms with Crippen LogP contribution in [0.4, 0.5) is 4.39 Å². The highest BCUT2D eigenvalue weighted by Gasteiger charge is 2.26. The zero-order valence-electron chi connectivity index (χ0n) is 12.6. The molecule has 1 heterocycles. The standard InChI is InChI=1S/C16H24FN3O/c1-2-13(7-8-18)19-9-11-20(12-10-19)16(21)14-5-3-4-6-15(14)17/h3-6,13H,2,7-12,18H2,1H3. The van der Waals surface area contributed by atoms with Crippen LogP contribution in [0, 0.1) is 5.82 Å². The van der Waals surface area contributed by atoms with E-state index in [9.17, 15) is 9.18 Å². The van der Waals surface area contributed by atoms with Gasteiger partial charge in [-0.25, -0.2) is 4.39 Å². The molecule has 0 aromatic heterocycles. The van der Waals surface area contributed by atoms with E-state index < -0.39 is 5.82 Å². The molecule has 0 spiro atoms. The number of halogens is 1. The lowest BCUT2D eigenvalue weighted by atomic mass is 10.1. The highest BCUT2D eigenvalue weighted by atomic mass is 19.1. The van der Waals surface area contributed by atoms with Crippen molar-refractivity contribution in [3.63, 3.8) is 0 Å². The van der Waals surface area contributed by atoms with E-state index in [4.69, 9.17) is 5.73 Å². The number of nitrogens with zero attached hydrogens (tertiary/aromatic N) is 2. The van der Waals surface area contributed by atoms with E-state index in [2.05, 4.69) is 11.8 Å². The lowest BCUT2D eigenvalue weighted by molar-refractivity contribution is 0.0553. The molecule has 1 amide bonds. The molecule has 0 radical (unpaired) electrons. The number of nitrogens with two attached hydrogens (primary N) is 1. The third-order valence-corrected chi connectivity index (χ3v) is 4.19. The van der Waals surface area contributed by atoms with Crippen molar-refractivity contribution in [1.29, 1.82) is 0 Å². The second kappa shape index (κ2) is 7.52. The number of carbonyl (C=O) groups excluding carboxylic acids is 1. The van der Waals surface area contributed by atoms with Gasteiger partial charge in [0.05, 0.1) is 5.56 Å². The van der Waals surface area contributed by atoms with E-state index in [-0.39, 0.29) is 11.5 Å². The summed E-state index contributed by atoms with van der Waals surface area (Å²) in [5.41, 5.74) is 5.81. The Balaban J connectivity index is 1.95. The normalized spacial score (nSPS) is 17.8. The van der Waals surface area contributed by atoms with Crippen LogP contribution in [0.25, 0.3) is 0 Å². The molecule has 1 aromatic carbocycles. The predicted molar refractivity (Wildman–Crippen MR) is 81.6 cm³/mol. The minimum absolute atomic E-state index is 0.167. The van der Waals surface area contributed by atoms with Gasteiger partial charge in [-0.3, -0.25) is 9.69 Å². The second-order valence-corrected chi connectivity index (χ2v) is 5.45. The van der Waals surface area contributed by atoms with Gasteiger partial charge in [-0.05, 0) is 31.5 Å². The molecule has 5 heteroatoms. The first kappa shape index (κ1) is 15.9. The number of rotatable bonds is 5. The molecule has 1 aliphatic rings. The average molecular weight is 293 g/mol. The molecule has 0 bridgehead atoms. The van der Waals surface area contributed by atoms with Gasteiger partial charge in [0.25, 0.3) is 5.91 Å². The molecule has 1 aliphatic heterocycles. The molecule has 0 aliphatic carbocycles. The van der Waals surface area contributed by atoms with Gasteiger partial charge < -0.3 is 10.6 Å². The largest absolute Gasteiger partial charge is 0.336 e. The molecule has 0 saturated carbocycles. The van der Waals surface area contributed by atoms with Gasteiger partial charge in [0.1, 0.15) is 5.82 Å². The molecule has 2 rings (SSSR count). The Hall–Kier alpha value is -1.46.